The van der Waals surface area contributed by atoms with Crippen molar-refractivity contribution in [1.29, 1.82) is 0 Å². The largest absolute Gasteiger partial charge is 0.350 e. The molecule has 1 aromatic carbocycles. The number of unbranched alkanes of at least 4 members (excludes halogenated alkanes) is 8. The van der Waals surface area contributed by atoms with Crippen LogP contribution < -0.4 is 16.0 Å². The van der Waals surface area contributed by atoms with Gasteiger partial charge in [0.15, 0.2) is 0 Å². The molecule has 3 amide bonds. The van der Waals surface area contributed by atoms with Gasteiger partial charge in [0.2, 0.25) is 17.6 Å². The number of carbonyl (C=O) groups excluding carboxylic acids is 4. The quantitative estimate of drug-likeness (QED) is 0.168. The fourth-order valence-electron chi connectivity index (χ4n) is 4.11. The molecular weight excluding hydrogens is 490 g/mol. The van der Waals surface area contributed by atoms with Gasteiger partial charge >= 0.3 is 0 Å². The molecule has 0 saturated carbocycles. The van der Waals surface area contributed by atoms with Gasteiger partial charge in [0.1, 0.15) is 12.1 Å². The molecular formula is C29H46ClN3O4. The first-order valence-corrected chi connectivity index (χ1v) is 14.2. The molecule has 0 fully saturated rings. The summed E-state index contributed by atoms with van der Waals surface area (Å²) >= 11 is 5.95. The number of nitrogens with one attached hydrogen (secondary N) is 3. The Kier molecular flexibility index (Phi) is 16.6. The summed E-state index contributed by atoms with van der Waals surface area (Å²) in [4.78, 5) is 50.8. The summed E-state index contributed by atoms with van der Waals surface area (Å²) in [6, 6.07) is 5.02. The molecule has 0 bridgehead atoms. The van der Waals surface area contributed by atoms with Crippen molar-refractivity contribution in [2.75, 3.05) is 6.54 Å². The minimum atomic E-state index is -1.06. The van der Waals surface area contributed by atoms with Gasteiger partial charge in [-0.2, -0.15) is 0 Å². The first kappa shape index (κ1) is 32.6. The smallest absolute Gasteiger partial charge is 0.289 e. The number of hydrogen-bond acceptors (Lipinski definition) is 4. The molecule has 0 saturated heterocycles. The number of rotatable bonds is 19. The predicted octanol–water partition coefficient (Wildman–Crippen LogP) is 5.13. The van der Waals surface area contributed by atoms with Crippen LogP contribution in [0.5, 0.6) is 0 Å². The van der Waals surface area contributed by atoms with Crippen LogP contribution in [0.15, 0.2) is 24.3 Å². The number of halogens is 1. The lowest BCUT2D eigenvalue weighted by Crippen LogP contribution is -2.56. The first-order chi connectivity index (χ1) is 17.7. The van der Waals surface area contributed by atoms with E-state index in [2.05, 4.69) is 22.9 Å². The van der Waals surface area contributed by atoms with E-state index in [1.165, 1.54) is 38.5 Å². The number of ketones is 1. The second-order valence-corrected chi connectivity index (χ2v) is 10.4. The Morgan fingerprint density at radius 1 is 0.811 bits per heavy atom. The Hall–Kier alpha value is -2.41. The van der Waals surface area contributed by atoms with Crippen molar-refractivity contribution < 1.29 is 19.2 Å². The van der Waals surface area contributed by atoms with Crippen LogP contribution in [0.3, 0.4) is 0 Å². The van der Waals surface area contributed by atoms with E-state index in [4.69, 9.17) is 11.6 Å². The molecule has 0 spiro atoms. The van der Waals surface area contributed by atoms with Gasteiger partial charge in [-0.3, -0.25) is 19.2 Å². The van der Waals surface area contributed by atoms with Crippen LogP contribution in [0.25, 0.3) is 0 Å². The average Bonchev–Trinajstić information content (AvgIpc) is 2.86. The van der Waals surface area contributed by atoms with E-state index in [0.717, 1.165) is 24.8 Å². The van der Waals surface area contributed by atoms with Crippen LogP contribution in [0.1, 0.15) is 97.5 Å². The van der Waals surface area contributed by atoms with E-state index in [1.54, 1.807) is 31.2 Å². The summed E-state index contributed by atoms with van der Waals surface area (Å²) in [7, 11) is 0. The molecule has 0 unspecified atom stereocenters. The topological polar surface area (TPSA) is 104 Å². The van der Waals surface area contributed by atoms with Crippen molar-refractivity contribution in [3.8, 4) is 0 Å². The molecule has 7 nitrogen and oxygen atoms in total. The zero-order chi connectivity index (χ0) is 27.6. The van der Waals surface area contributed by atoms with E-state index >= 15 is 0 Å². The highest BCUT2D eigenvalue weighted by molar-refractivity contribution is 6.38. The zero-order valence-corrected chi connectivity index (χ0v) is 23.8. The van der Waals surface area contributed by atoms with Gasteiger partial charge in [-0.05, 0) is 37.0 Å². The van der Waals surface area contributed by atoms with Crippen LogP contribution in [0.4, 0.5) is 0 Å². The highest BCUT2D eigenvalue weighted by Crippen LogP contribution is 2.13. The van der Waals surface area contributed by atoms with Crippen molar-refractivity contribution >= 4 is 35.1 Å². The van der Waals surface area contributed by atoms with Crippen molar-refractivity contribution in [2.24, 2.45) is 5.92 Å². The second-order valence-electron chi connectivity index (χ2n) is 9.98. The first-order valence-electron chi connectivity index (χ1n) is 13.9. The molecule has 1 rings (SSSR count). The summed E-state index contributed by atoms with van der Waals surface area (Å²) in [6.45, 7) is 7.90. The fourth-order valence-corrected chi connectivity index (χ4v) is 4.24. The number of Topliss-reactive ketones (excluding diaryl/α,β-unsaturated/α-hetero) is 1. The fraction of sp³-hybridized carbons (Fsp3) is 0.655. The van der Waals surface area contributed by atoms with Crippen LogP contribution in [0, 0.1) is 5.92 Å². The monoisotopic (exact) mass is 535 g/mol. The Morgan fingerprint density at radius 3 is 1.92 bits per heavy atom. The Labute approximate surface area is 227 Å². The highest BCUT2D eigenvalue weighted by atomic mass is 35.5. The van der Waals surface area contributed by atoms with E-state index in [-0.39, 0.29) is 18.2 Å². The van der Waals surface area contributed by atoms with E-state index < -0.39 is 29.7 Å². The summed E-state index contributed by atoms with van der Waals surface area (Å²) in [5, 5.41) is 8.59. The molecule has 0 aliphatic rings. The maximum Gasteiger partial charge on any atom is 0.289 e. The van der Waals surface area contributed by atoms with E-state index in [1.807, 2.05) is 13.8 Å². The van der Waals surface area contributed by atoms with Crippen LogP contribution in [0.2, 0.25) is 5.02 Å². The summed E-state index contributed by atoms with van der Waals surface area (Å²) in [6.07, 6.45) is 10.9. The van der Waals surface area contributed by atoms with Gasteiger partial charge in [0, 0.05) is 24.4 Å². The van der Waals surface area contributed by atoms with Gasteiger partial charge in [-0.25, -0.2) is 0 Å². The molecule has 3 N–H and O–H groups in total. The molecule has 8 heteroatoms. The number of carbonyl (C=O) groups is 4. The number of benzene rings is 1. The third-order valence-corrected chi connectivity index (χ3v) is 6.57. The maximum atomic E-state index is 13.2. The normalized spacial score (nSPS) is 12.6. The summed E-state index contributed by atoms with van der Waals surface area (Å²) in [5.41, 5.74) is 0.753. The Bertz CT molecular complexity index is 842. The third kappa shape index (κ3) is 13.6. The minimum absolute atomic E-state index is 0.135. The molecule has 2 atom stereocenters. The lowest BCUT2D eigenvalue weighted by molar-refractivity contribution is -0.140. The number of amides is 3. The standard InChI is InChI=1S/C29H46ClN3O4/c1-5-7-8-9-10-11-12-13-14-15-25(34)33-26(21(3)4)28(36)32-24(27(35)29(37)31-6-2)20-22-16-18-23(30)19-17-22/h16-19,21,24,26H,5-15,20H2,1-4H3,(H,31,37)(H,32,36)(H,33,34)/t24-,26-/m0/s1. The van der Waals surface area contributed by atoms with Gasteiger partial charge in [-0.1, -0.05) is 95.9 Å². The van der Waals surface area contributed by atoms with E-state index in [0.29, 0.717) is 18.0 Å². The van der Waals surface area contributed by atoms with Crippen molar-refractivity contribution in [3.05, 3.63) is 34.9 Å². The summed E-state index contributed by atoms with van der Waals surface area (Å²) in [5.74, 6) is -2.33. The predicted molar refractivity (Wildman–Crippen MR) is 149 cm³/mol. The lowest BCUT2D eigenvalue weighted by atomic mass is 9.98. The molecule has 0 aromatic heterocycles. The van der Waals surface area contributed by atoms with Gasteiger partial charge in [0.25, 0.3) is 5.91 Å². The summed E-state index contributed by atoms with van der Waals surface area (Å²) < 4.78 is 0. The molecule has 1 aromatic rings. The SMILES string of the molecule is CCCCCCCCCCCC(=O)N[C@H](C(=O)N[C@@H](Cc1ccc(Cl)cc1)C(=O)C(=O)NCC)C(C)C. The van der Waals surface area contributed by atoms with Crippen LogP contribution in [-0.2, 0) is 25.6 Å². The van der Waals surface area contributed by atoms with Gasteiger partial charge < -0.3 is 16.0 Å². The zero-order valence-electron chi connectivity index (χ0n) is 23.0. The minimum Gasteiger partial charge on any atom is -0.350 e. The number of likely N-dealkylation sites (N-methyl/N-ethyl adjacent to an activating group) is 1. The van der Waals surface area contributed by atoms with Crippen molar-refractivity contribution in [1.82, 2.24) is 16.0 Å². The molecule has 0 aliphatic carbocycles. The third-order valence-electron chi connectivity index (χ3n) is 6.32. The Balaban J connectivity index is 2.67. The van der Waals surface area contributed by atoms with Crippen molar-refractivity contribution in [3.63, 3.8) is 0 Å². The molecule has 0 heterocycles. The number of hydrogen-bond donors (Lipinski definition) is 3. The average molecular weight is 536 g/mol. The molecule has 0 aliphatic heterocycles. The van der Waals surface area contributed by atoms with Crippen LogP contribution >= 0.6 is 11.6 Å². The second kappa shape index (κ2) is 18.8. The molecule has 0 radical (unpaired) electrons. The lowest BCUT2D eigenvalue weighted by Gasteiger charge is -2.25. The highest BCUT2D eigenvalue weighted by Gasteiger charge is 2.31. The van der Waals surface area contributed by atoms with Crippen molar-refractivity contribution in [2.45, 2.75) is 110 Å². The Morgan fingerprint density at radius 2 is 1.38 bits per heavy atom. The van der Waals surface area contributed by atoms with Gasteiger partial charge in [-0.15, -0.1) is 0 Å². The van der Waals surface area contributed by atoms with Crippen LogP contribution in [-0.4, -0.2) is 42.1 Å². The molecule has 37 heavy (non-hydrogen) atoms. The van der Waals surface area contributed by atoms with Gasteiger partial charge in [0.05, 0.1) is 0 Å². The maximum absolute atomic E-state index is 13.2. The molecule has 208 valence electrons. The van der Waals surface area contributed by atoms with E-state index in [9.17, 15) is 19.2 Å².